The van der Waals surface area contributed by atoms with Crippen LogP contribution in [0.2, 0.25) is 5.02 Å². The predicted octanol–water partition coefficient (Wildman–Crippen LogP) is 2.00. The molecule has 1 aromatic carbocycles. The van der Waals surface area contributed by atoms with Crippen LogP contribution in [0.4, 0.5) is 5.82 Å². The zero-order chi connectivity index (χ0) is 18.1. The lowest BCUT2D eigenvalue weighted by Gasteiger charge is -2.35. The Hall–Kier alpha value is -2.51. The second-order valence-electron chi connectivity index (χ2n) is 6.40. The molecule has 0 aliphatic carbocycles. The minimum atomic E-state index is -0.150. The fourth-order valence-corrected chi connectivity index (χ4v) is 3.37. The molecule has 0 bridgehead atoms. The maximum atomic E-state index is 12.3. The molecule has 0 saturated carbocycles. The number of rotatable bonds is 3. The Labute approximate surface area is 155 Å². The van der Waals surface area contributed by atoms with Crippen molar-refractivity contribution in [3.63, 3.8) is 0 Å². The maximum Gasteiger partial charge on any atom is 0.258 e. The summed E-state index contributed by atoms with van der Waals surface area (Å²) >= 11 is 5.96. The van der Waals surface area contributed by atoms with Gasteiger partial charge in [-0.1, -0.05) is 11.6 Å². The van der Waals surface area contributed by atoms with Crippen LogP contribution in [-0.4, -0.2) is 51.0 Å². The largest absolute Gasteiger partial charge is 0.354 e. The zero-order valence-electron chi connectivity index (χ0n) is 14.4. The highest BCUT2D eigenvalue weighted by molar-refractivity contribution is 6.31. The third-order valence-corrected chi connectivity index (χ3v) is 4.78. The first kappa shape index (κ1) is 16.9. The average Bonchev–Trinajstić information content (AvgIpc) is 2.63. The van der Waals surface area contributed by atoms with Gasteiger partial charge in [-0.15, -0.1) is 0 Å². The number of aromatic amines is 1. The van der Waals surface area contributed by atoms with E-state index in [0.717, 1.165) is 37.8 Å². The summed E-state index contributed by atoms with van der Waals surface area (Å²) in [6.45, 7) is 6.03. The second kappa shape index (κ2) is 7.01. The van der Waals surface area contributed by atoms with Crippen molar-refractivity contribution in [3.8, 4) is 0 Å². The van der Waals surface area contributed by atoms with E-state index in [1.165, 1.54) is 0 Å². The van der Waals surface area contributed by atoms with Crippen LogP contribution in [0.15, 0.2) is 35.3 Å². The van der Waals surface area contributed by atoms with Gasteiger partial charge in [-0.3, -0.25) is 9.69 Å². The summed E-state index contributed by atoms with van der Waals surface area (Å²) in [7, 11) is 0. The highest BCUT2D eigenvalue weighted by atomic mass is 35.5. The van der Waals surface area contributed by atoms with Gasteiger partial charge in [0.2, 0.25) is 0 Å². The summed E-state index contributed by atoms with van der Waals surface area (Å²) < 4.78 is 0. The van der Waals surface area contributed by atoms with Crippen LogP contribution in [-0.2, 0) is 6.54 Å². The Balaban J connectivity index is 1.45. The fourth-order valence-electron chi connectivity index (χ4n) is 3.20. The van der Waals surface area contributed by atoms with Gasteiger partial charge in [0.05, 0.1) is 17.4 Å². The number of fused-ring (bicyclic) bond motifs is 1. The molecule has 1 saturated heterocycles. The SMILES string of the molecule is Cc1nccc(N2CCN(Cc3nc4ccc(Cl)cc4c(=O)[nH]3)CC2)n1. The lowest BCUT2D eigenvalue weighted by Crippen LogP contribution is -2.46. The van der Waals surface area contributed by atoms with Crippen LogP contribution < -0.4 is 10.5 Å². The Morgan fingerprint density at radius 1 is 1.15 bits per heavy atom. The van der Waals surface area contributed by atoms with E-state index in [1.807, 2.05) is 13.0 Å². The van der Waals surface area contributed by atoms with Gasteiger partial charge in [0.15, 0.2) is 0 Å². The fraction of sp³-hybridized carbons (Fsp3) is 0.333. The summed E-state index contributed by atoms with van der Waals surface area (Å²) in [5, 5.41) is 1.05. The number of aromatic nitrogens is 4. The molecule has 2 aromatic heterocycles. The number of hydrogen-bond donors (Lipinski definition) is 1. The molecule has 1 aliphatic heterocycles. The molecule has 0 amide bonds. The highest BCUT2D eigenvalue weighted by Crippen LogP contribution is 2.16. The van der Waals surface area contributed by atoms with Crippen LogP contribution >= 0.6 is 11.6 Å². The smallest absolute Gasteiger partial charge is 0.258 e. The molecular weight excluding hydrogens is 352 g/mol. The van der Waals surface area contributed by atoms with E-state index < -0.39 is 0 Å². The maximum absolute atomic E-state index is 12.3. The van der Waals surface area contributed by atoms with Crippen molar-refractivity contribution in [3.05, 3.63) is 57.5 Å². The second-order valence-corrected chi connectivity index (χ2v) is 6.84. The average molecular weight is 371 g/mol. The monoisotopic (exact) mass is 370 g/mol. The first-order chi connectivity index (χ1) is 12.6. The minimum absolute atomic E-state index is 0.150. The van der Waals surface area contributed by atoms with Crippen LogP contribution in [0.3, 0.4) is 0 Å². The van der Waals surface area contributed by atoms with Gasteiger partial charge in [0.25, 0.3) is 5.56 Å². The molecule has 3 aromatic rings. The van der Waals surface area contributed by atoms with Crippen molar-refractivity contribution < 1.29 is 0 Å². The normalized spacial score (nSPS) is 15.5. The standard InChI is InChI=1S/C18H19ClN6O/c1-12-20-5-4-17(21-12)25-8-6-24(7-9-25)11-16-22-15-3-2-13(19)10-14(15)18(26)23-16/h2-5,10H,6-9,11H2,1H3,(H,22,23,26). The minimum Gasteiger partial charge on any atom is -0.354 e. The van der Waals surface area contributed by atoms with Crippen molar-refractivity contribution in [2.45, 2.75) is 13.5 Å². The number of nitrogens with zero attached hydrogens (tertiary/aromatic N) is 5. The first-order valence-corrected chi connectivity index (χ1v) is 8.92. The molecule has 0 unspecified atom stereocenters. The van der Waals surface area contributed by atoms with E-state index in [4.69, 9.17) is 11.6 Å². The van der Waals surface area contributed by atoms with Gasteiger partial charge in [-0.2, -0.15) is 0 Å². The van der Waals surface area contributed by atoms with Gasteiger partial charge in [0, 0.05) is 37.4 Å². The quantitative estimate of drug-likeness (QED) is 0.759. The van der Waals surface area contributed by atoms with Crippen LogP contribution in [0.1, 0.15) is 11.6 Å². The van der Waals surface area contributed by atoms with Gasteiger partial charge in [-0.25, -0.2) is 15.0 Å². The molecule has 3 heterocycles. The van der Waals surface area contributed by atoms with E-state index in [9.17, 15) is 4.79 Å². The predicted molar refractivity (Wildman–Crippen MR) is 102 cm³/mol. The molecule has 134 valence electrons. The molecule has 26 heavy (non-hydrogen) atoms. The van der Waals surface area contributed by atoms with Crippen LogP contribution in [0.25, 0.3) is 10.9 Å². The Bertz CT molecular complexity index is 996. The molecule has 1 fully saturated rings. The molecule has 0 radical (unpaired) electrons. The van der Waals surface area contributed by atoms with Crippen molar-refractivity contribution in [2.75, 3.05) is 31.1 Å². The summed E-state index contributed by atoms with van der Waals surface area (Å²) in [4.78, 5) is 32.9. The molecule has 0 atom stereocenters. The van der Waals surface area contributed by atoms with E-state index >= 15 is 0 Å². The summed E-state index contributed by atoms with van der Waals surface area (Å²) in [5.41, 5.74) is 0.519. The van der Waals surface area contributed by atoms with Crippen molar-refractivity contribution in [2.24, 2.45) is 0 Å². The third-order valence-electron chi connectivity index (χ3n) is 4.55. The van der Waals surface area contributed by atoms with Gasteiger partial charge >= 0.3 is 0 Å². The van der Waals surface area contributed by atoms with E-state index in [-0.39, 0.29) is 5.56 Å². The van der Waals surface area contributed by atoms with Crippen molar-refractivity contribution >= 4 is 28.3 Å². The molecule has 7 nitrogen and oxygen atoms in total. The Kier molecular flexibility index (Phi) is 4.57. The summed E-state index contributed by atoms with van der Waals surface area (Å²) in [6.07, 6.45) is 1.79. The van der Waals surface area contributed by atoms with Gasteiger partial charge < -0.3 is 9.88 Å². The number of halogens is 1. The van der Waals surface area contributed by atoms with E-state index in [1.54, 1.807) is 24.4 Å². The number of aryl methyl sites for hydroxylation is 1. The van der Waals surface area contributed by atoms with E-state index in [2.05, 4.69) is 29.7 Å². The van der Waals surface area contributed by atoms with Gasteiger partial charge in [0.1, 0.15) is 17.5 Å². The Morgan fingerprint density at radius 2 is 1.96 bits per heavy atom. The number of benzene rings is 1. The van der Waals surface area contributed by atoms with Crippen LogP contribution in [0, 0.1) is 6.92 Å². The number of H-pyrrole nitrogens is 1. The number of piperazine rings is 1. The molecule has 1 aliphatic rings. The Morgan fingerprint density at radius 3 is 2.73 bits per heavy atom. The highest BCUT2D eigenvalue weighted by Gasteiger charge is 2.19. The van der Waals surface area contributed by atoms with Crippen molar-refractivity contribution in [1.29, 1.82) is 0 Å². The summed E-state index contributed by atoms with van der Waals surface area (Å²) in [5.74, 6) is 2.42. The molecular formula is C18H19ClN6O. The number of nitrogens with one attached hydrogen (secondary N) is 1. The lowest BCUT2D eigenvalue weighted by atomic mass is 10.2. The lowest BCUT2D eigenvalue weighted by molar-refractivity contribution is 0.243. The molecule has 1 N–H and O–H groups in total. The molecule has 0 spiro atoms. The first-order valence-electron chi connectivity index (χ1n) is 8.54. The topological polar surface area (TPSA) is 78.0 Å². The van der Waals surface area contributed by atoms with E-state index in [0.29, 0.717) is 28.3 Å². The van der Waals surface area contributed by atoms with Gasteiger partial charge in [-0.05, 0) is 31.2 Å². The van der Waals surface area contributed by atoms with Crippen LogP contribution in [0.5, 0.6) is 0 Å². The zero-order valence-corrected chi connectivity index (χ0v) is 15.2. The number of anilines is 1. The number of hydrogen-bond acceptors (Lipinski definition) is 6. The molecule has 8 heteroatoms. The summed E-state index contributed by atoms with van der Waals surface area (Å²) in [6, 6.07) is 7.12. The van der Waals surface area contributed by atoms with Crippen molar-refractivity contribution in [1.82, 2.24) is 24.8 Å². The molecule has 4 rings (SSSR count). The third kappa shape index (κ3) is 3.54.